The van der Waals surface area contributed by atoms with E-state index in [2.05, 4.69) is 4.74 Å². The van der Waals surface area contributed by atoms with Gasteiger partial charge in [0.1, 0.15) is 0 Å². The molecule has 0 aliphatic heterocycles. The van der Waals surface area contributed by atoms with Crippen LogP contribution in [0.15, 0.2) is 11.6 Å². The lowest BCUT2D eigenvalue weighted by atomic mass is 10.2. The molecular formula is C9H12O6. The zero-order valence-corrected chi connectivity index (χ0v) is 8.23. The fourth-order valence-corrected chi connectivity index (χ4v) is 0.738. The number of carbonyl (C=O) groups excluding carboxylic acids is 1. The van der Waals surface area contributed by atoms with E-state index in [1.165, 1.54) is 0 Å². The zero-order chi connectivity index (χ0) is 11.8. The Kier molecular flexibility index (Phi) is 5.77. The molecule has 0 spiro atoms. The van der Waals surface area contributed by atoms with E-state index >= 15 is 0 Å². The molecule has 0 aliphatic rings. The van der Waals surface area contributed by atoms with Crippen molar-refractivity contribution in [3.63, 3.8) is 0 Å². The standard InChI is InChI=1S/C9H12O6/c1-2-3-15-8(12)5-6(9(13)14)4-7(10)11/h5H,2-4H2,1H3,(H,10,11)(H,13,14). The lowest BCUT2D eigenvalue weighted by Crippen LogP contribution is -2.10. The summed E-state index contributed by atoms with van der Waals surface area (Å²) in [5.74, 6) is -3.59. The number of esters is 1. The molecule has 0 atom stereocenters. The first-order chi connectivity index (χ1) is 6.97. The third-order valence-electron chi connectivity index (χ3n) is 1.36. The average Bonchev–Trinajstić information content (AvgIpc) is 2.12. The Labute approximate surface area is 86.2 Å². The van der Waals surface area contributed by atoms with Gasteiger partial charge in [0.2, 0.25) is 0 Å². The number of hydrogen-bond donors (Lipinski definition) is 2. The summed E-state index contributed by atoms with van der Waals surface area (Å²) in [4.78, 5) is 31.7. The van der Waals surface area contributed by atoms with Crippen LogP contribution >= 0.6 is 0 Å². The highest BCUT2D eigenvalue weighted by atomic mass is 16.5. The van der Waals surface area contributed by atoms with E-state index in [1.807, 2.05) is 0 Å². The minimum Gasteiger partial charge on any atom is -0.481 e. The van der Waals surface area contributed by atoms with Gasteiger partial charge in [0.05, 0.1) is 18.6 Å². The molecule has 0 aromatic carbocycles. The summed E-state index contributed by atoms with van der Waals surface area (Å²) in [5, 5.41) is 16.9. The Morgan fingerprint density at radius 2 is 1.87 bits per heavy atom. The van der Waals surface area contributed by atoms with Crippen molar-refractivity contribution in [1.29, 1.82) is 0 Å². The van der Waals surface area contributed by atoms with Crippen LogP contribution in [0.1, 0.15) is 19.8 Å². The molecule has 0 rings (SSSR count). The Morgan fingerprint density at radius 3 is 2.27 bits per heavy atom. The Balaban J connectivity index is 4.46. The lowest BCUT2D eigenvalue weighted by molar-refractivity contribution is -0.140. The maximum absolute atomic E-state index is 10.9. The second-order valence-electron chi connectivity index (χ2n) is 2.71. The summed E-state index contributed by atoms with van der Waals surface area (Å²) < 4.78 is 4.58. The van der Waals surface area contributed by atoms with Gasteiger partial charge in [0.25, 0.3) is 0 Å². The minimum absolute atomic E-state index is 0.176. The van der Waals surface area contributed by atoms with Crippen LogP contribution in [-0.2, 0) is 19.1 Å². The first kappa shape index (κ1) is 13.2. The van der Waals surface area contributed by atoms with Crippen LogP contribution < -0.4 is 0 Å². The Hall–Kier alpha value is -1.85. The van der Waals surface area contributed by atoms with Gasteiger partial charge < -0.3 is 14.9 Å². The molecule has 0 unspecified atom stereocenters. The van der Waals surface area contributed by atoms with Crippen LogP contribution in [0.5, 0.6) is 0 Å². The van der Waals surface area contributed by atoms with E-state index in [1.54, 1.807) is 6.92 Å². The second-order valence-corrected chi connectivity index (χ2v) is 2.71. The monoisotopic (exact) mass is 216 g/mol. The van der Waals surface area contributed by atoms with Crippen molar-refractivity contribution in [2.75, 3.05) is 6.61 Å². The number of ether oxygens (including phenoxy) is 1. The van der Waals surface area contributed by atoms with E-state index in [4.69, 9.17) is 10.2 Å². The summed E-state index contributed by atoms with van der Waals surface area (Å²) in [6.07, 6.45) is 0.587. The number of carbonyl (C=O) groups is 3. The van der Waals surface area contributed by atoms with Gasteiger partial charge in [0, 0.05) is 6.08 Å². The molecule has 0 saturated carbocycles. The van der Waals surface area contributed by atoms with Crippen LogP contribution in [0, 0.1) is 0 Å². The fraction of sp³-hybridized carbons (Fsp3) is 0.444. The number of carboxylic acids is 2. The van der Waals surface area contributed by atoms with Gasteiger partial charge in [-0.2, -0.15) is 0 Å². The van der Waals surface area contributed by atoms with Gasteiger partial charge in [-0.15, -0.1) is 0 Å². The van der Waals surface area contributed by atoms with Gasteiger partial charge in [0.15, 0.2) is 0 Å². The molecule has 0 aromatic heterocycles. The molecule has 0 aromatic rings. The van der Waals surface area contributed by atoms with Gasteiger partial charge in [-0.3, -0.25) is 4.79 Å². The molecule has 0 amide bonds. The second kappa shape index (κ2) is 6.58. The highest BCUT2D eigenvalue weighted by molar-refractivity contribution is 5.98. The summed E-state index contributed by atoms with van der Waals surface area (Å²) in [5.41, 5.74) is -0.497. The summed E-state index contributed by atoms with van der Waals surface area (Å²) in [6, 6.07) is 0. The number of hydrogen-bond acceptors (Lipinski definition) is 4. The van der Waals surface area contributed by atoms with E-state index < -0.39 is 29.9 Å². The molecule has 0 bridgehead atoms. The van der Waals surface area contributed by atoms with Crippen molar-refractivity contribution in [2.45, 2.75) is 19.8 Å². The predicted molar refractivity (Wildman–Crippen MR) is 49.2 cm³/mol. The van der Waals surface area contributed by atoms with Crippen LogP contribution in [0.2, 0.25) is 0 Å². The highest BCUT2D eigenvalue weighted by Crippen LogP contribution is 2.02. The van der Waals surface area contributed by atoms with Crippen LogP contribution in [0.3, 0.4) is 0 Å². The molecule has 84 valence electrons. The first-order valence-corrected chi connectivity index (χ1v) is 4.29. The zero-order valence-electron chi connectivity index (χ0n) is 8.23. The number of carboxylic acid groups (broad SMARTS) is 2. The van der Waals surface area contributed by atoms with Crippen molar-refractivity contribution in [3.05, 3.63) is 11.6 Å². The summed E-state index contributed by atoms with van der Waals surface area (Å²) in [6.45, 7) is 1.96. The fourth-order valence-electron chi connectivity index (χ4n) is 0.738. The molecule has 0 fully saturated rings. The van der Waals surface area contributed by atoms with Crippen molar-refractivity contribution in [3.8, 4) is 0 Å². The summed E-state index contributed by atoms with van der Waals surface area (Å²) in [7, 11) is 0. The SMILES string of the molecule is CCCOC(=O)C=C(CC(=O)O)C(=O)O. The van der Waals surface area contributed by atoms with E-state index in [-0.39, 0.29) is 6.61 Å². The van der Waals surface area contributed by atoms with Gasteiger partial charge in [-0.05, 0) is 6.42 Å². The van der Waals surface area contributed by atoms with E-state index in [0.29, 0.717) is 12.5 Å². The van der Waals surface area contributed by atoms with E-state index in [9.17, 15) is 14.4 Å². The molecule has 0 heterocycles. The van der Waals surface area contributed by atoms with Crippen molar-refractivity contribution in [1.82, 2.24) is 0 Å². The first-order valence-electron chi connectivity index (χ1n) is 4.29. The molecule has 15 heavy (non-hydrogen) atoms. The molecular weight excluding hydrogens is 204 g/mol. The number of aliphatic carboxylic acids is 2. The van der Waals surface area contributed by atoms with Crippen LogP contribution in [-0.4, -0.2) is 34.7 Å². The van der Waals surface area contributed by atoms with E-state index in [0.717, 1.165) is 0 Å². The molecule has 0 radical (unpaired) electrons. The third-order valence-corrected chi connectivity index (χ3v) is 1.36. The van der Waals surface area contributed by atoms with Crippen molar-refractivity contribution in [2.24, 2.45) is 0 Å². The third kappa shape index (κ3) is 6.25. The van der Waals surface area contributed by atoms with Crippen LogP contribution in [0.4, 0.5) is 0 Å². The summed E-state index contributed by atoms with van der Waals surface area (Å²) >= 11 is 0. The maximum atomic E-state index is 10.9. The van der Waals surface area contributed by atoms with Crippen molar-refractivity contribution < 1.29 is 29.3 Å². The Bertz CT molecular complexity index is 291. The van der Waals surface area contributed by atoms with Gasteiger partial charge in [-0.1, -0.05) is 6.92 Å². The molecule has 6 heteroatoms. The van der Waals surface area contributed by atoms with Gasteiger partial charge >= 0.3 is 17.9 Å². The van der Waals surface area contributed by atoms with Crippen molar-refractivity contribution >= 4 is 17.9 Å². The topological polar surface area (TPSA) is 101 Å². The number of rotatable bonds is 6. The quantitative estimate of drug-likeness (QED) is 0.493. The predicted octanol–water partition coefficient (Wildman–Crippen LogP) is 0.425. The smallest absolute Gasteiger partial charge is 0.332 e. The molecule has 0 saturated heterocycles. The Morgan fingerprint density at radius 1 is 1.27 bits per heavy atom. The lowest BCUT2D eigenvalue weighted by Gasteiger charge is -2.00. The van der Waals surface area contributed by atoms with Gasteiger partial charge in [-0.25, -0.2) is 9.59 Å². The minimum atomic E-state index is -1.44. The normalized spacial score (nSPS) is 10.9. The molecule has 0 aliphatic carbocycles. The average molecular weight is 216 g/mol. The van der Waals surface area contributed by atoms with Crippen LogP contribution in [0.25, 0.3) is 0 Å². The molecule has 6 nitrogen and oxygen atoms in total. The largest absolute Gasteiger partial charge is 0.481 e. The highest BCUT2D eigenvalue weighted by Gasteiger charge is 2.14. The molecule has 2 N–H and O–H groups in total. The maximum Gasteiger partial charge on any atom is 0.332 e.